The SMILES string of the molecule is CN(C)CCNC(=O)c1cn(C[C@@H]2CCCNC2)nn1. The summed E-state index contributed by atoms with van der Waals surface area (Å²) < 4.78 is 1.78. The highest BCUT2D eigenvalue weighted by molar-refractivity contribution is 5.91. The lowest BCUT2D eigenvalue weighted by Crippen LogP contribution is -2.32. The fourth-order valence-electron chi connectivity index (χ4n) is 2.32. The number of amides is 1. The molecule has 1 fully saturated rings. The zero-order valence-electron chi connectivity index (χ0n) is 12.3. The maximum absolute atomic E-state index is 11.9. The van der Waals surface area contributed by atoms with Gasteiger partial charge in [-0.2, -0.15) is 0 Å². The smallest absolute Gasteiger partial charge is 0.273 e. The third-order valence-electron chi connectivity index (χ3n) is 3.46. The van der Waals surface area contributed by atoms with E-state index in [1.54, 1.807) is 10.9 Å². The Labute approximate surface area is 119 Å². The summed E-state index contributed by atoms with van der Waals surface area (Å²) in [6, 6.07) is 0. The lowest BCUT2D eigenvalue weighted by atomic mass is 10.00. The van der Waals surface area contributed by atoms with Crippen LogP contribution in [0.1, 0.15) is 23.3 Å². The van der Waals surface area contributed by atoms with Crippen LogP contribution in [0.25, 0.3) is 0 Å². The van der Waals surface area contributed by atoms with Crippen molar-refractivity contribution in [2.45, 2.75) is 19.4 Å². The van der Waals surface area contributed by atoms with Crippen LogP contribution in [-0.4, -0.2) is 66.1 Å². The number of aromatic nitrogens is 3. The maximum atomic E-state index is 11.9. The Morgan fingerprint density at radius 2 is 2.45 bits per heavy atom. The highest BCUT2D eigenvalue weighted by atomic mass is 16.2. The molecule has 1 aromatic rings. The average molecular weight is 280 g/mol. The van der Waals surface area contributed by atoms with Gasteiger partial charge in [0.2, 0.25) is 0 Å². The first-order valence-electron chi connectivity index (χ1n) is 7.19. The lowest BCUT2D eigenvalue weighted by molar-refractivity contribution is 0.0946. The molecule has 0 spiro atoms. The zero-order valence-corrected chi connectivity index (χ0v) is 12.3. The van der Waals surface area contributed by atoms with Crippen molar-refractivity contribution < 1.29 is 4.79 Å². The van der Waals surface area contributed by atoms with Crippen LogP contribution >= 0.6 is 0 Å². The second-order valence-electron chi connectivity index (χ2n) is 5.60. The van der Waals surface area contributed by atoms with Gasteiger partial charge in [0.15, 0.2) is 5.69 Å². The Hall–Kier alpha value is -1.47. The summed E-state index contributed by atoms with van der Waals surface area (Å²) in [5.74, 6) is 0.426. The van der Waals surface area contributed by atoms with Gasteiger partial charge in [0.05, 0.1) is 6.20 Å². The number of nitrogens with one attached hydrogen (secondary N) is 2. The van der Waals surface area contributed by atoms with Gasteiger partial charge in [-0.25, -0.2) is 0 Å². The van der Waals surface area contributed by atoms with E-state index in [-0.39, 0.29) is 5.91 Å². The molecule has 1 amide bonds. The number of rotatable bonds is 6. The molecule has 0 aliphatic carbocycles. The highest BCUT2D eigenvalue weighted by Crippen LogP contribution is 2.11. The van der Waals surface area contributed by atoms with Gasteiger partial charge in [-0.1, -0.05) is 5.21 Å². The molecule has 0 unspecified atom stereocenters. The monoisotopic (exact) mass is 280 g/mol. The topological polar surface area (TPSA) is 75.1 Å². The summed E-state index contributed by atoms with van der Waals surface area (Å²) in [5, 5.41) is 14.2. The predicted molar refractivity (Wildman–Crippen MR) is 76.5 cm³/mol. The first-order chi connectivity index (χ1) is 9.65. The molecule has 0 aromatic carbocycles. The first-order valence-corrected chi connectivity index (χ1v) is 7.19. The molecule has 0 saturated carbocycles. The van der Waals surface area contributed by atoms with Crippen LogP contribution in [0.2, 0.25) is 0 Å². The van der Waals surface area contributed by atoms with Gasteiger partial charge in [0.25, 0.3) is 5.91 Å². The fraction of sp³-hybridized carbons (Fsp3) is 0.769. The highest BCUT2D eigenvalue weighted by Gasteiger charge is 2.16. The van der Waals surface area contributed by atoms with Gasteiger partial charge in [0.1, 0.15) is 0 Å². The molecular formula is C13H24N6O. The molecule has 20 heavy (non-hydrogen) atoms. The zero-order chi connectivity index (χ0) is 14.4. The largest absolute Gasteiger partial charge is 0.349 e. The van der Waals surface area contributed by atoms with Gasteiger partial charge in [-0.3, -0.25) is 9.48 Å². The van der Waals surface area contributed by atoms with Crippen LogP contribution in [0, 0.1) is 5.92 Å². The Bertz CT molecular complexity index is 424. The molecule has 1 aromatic heterocycles. The molecule has 1 aliphatic heterocycles. The minimum atomic E-state index is -0.153. The second kappa shape index (κ2) is 7.35. The van der Waals surface area contributed by atoms with E-state index >= 15 is 0 Å². The summed E-state index contributed by atoms with van der Waals surface area (Å²) in [7, 11) is 3.95. The number of hydrogen-bond donors (Lipinski definition) is 2. The van der Waals surface area contributed by atoms with E-state index in [4.69, 9.17) is 0 Å². The van der Waals surface area contributed by atoms with Crippen LogP contribution in [0.4, 0.5) is 0 Å². The molecule has 1 atom stereocenters. The quantitative estimate of drug-likeness (QED) is 0.739. The fourth-order valence-corrected chi connectivity index (χ4v) is 2.32. The number of carbonyl (C=O) groups is 1. The van der Waals surface area contributed by atoms with E-state index in [0.29, 0.717) is 18.2 Å². The lowest BCUT2D eigenvalue weighted by Gasteiger charge is -2.22. The molecule has 2 N–H and O–H groups in total. The van der Waals surface area contributed by atoms with E-state index < -0.39 is 0 Å². The summed E-state index contributed by atoms with van der Waals surface area (Å²) >= 11 is 0. The third kappa shape index (κ3) is 4.57. The van der Waals surface area contributed by atoms with Crippen molar-refractivity contribution >= 4 is 5.91 Å². The first kappa shape index (κ1) is 14.9. The summed E-state index contributed by atoms with van der Waals surface area (Å²) in [6.45, 7) is 4.38. The number of likely N-dealkylation sites (N-methyl/N-ethyl adjacent to an activating group) is 1. The van der Waals surface area contributed by atoms with Crippen molar-refractivity contribution in [3.8, 4) is 0 Å². The van der Waals surface area contributed by atoms with Gasteiger partial charge in [-0.05, 0) is 45.9 Å². The molecule has 1 saturated heterocycles. The van der Waals surface area contributed by atoms with Crippen molar-refractivity contribution in [1.29, 1.82) is 0 Å². The standard InChI is InChI=1S/C13H24N6O/c1-18(2)7-6-15-13(20)12-10-19(17-16-12)9-11-4-3-5-14-8-11/h10-11,14H,3-9H2,1-2H3,(H,15,20)/t11-/m1/s1. The molecule has 2 rings (SSSR count). The molecule has 7 heteroatoms. The van der Waals surface area contributed by atoms with Gasteiger partial charge >= 0.3 is 0 Å². The van der Waals surface area contributed by atoms with Crippen molar-refractivity contribution in [2.24, 2.45) is 5.92 Å². The third-order valence-corrected chi connectivity index (χ3v) is 3.46. The van der Waals surface area contributed by atoms with E-state index in [0.717, 1.165) is 26.2 Å². The van der Waals surface area contributed by atoms with Gasteiger partial charge < -0.3 is 15.5 Å². The van der Waals surface area contributed by atoms with E-state index in [1.165, 1.54) is 12.8 Å². The number of hydrogen-bond acceptors (Lipinski definition) is 5. The van der Waals surface area contributed by atoms with Crippen LogP contribution in [0.3, 0.4) is 0 Å². The minimum absolute atomic E-state index is 0.153. The molecule has 2 heterocycles. The molecule has 0 bridgehead atoms. The summed E-state index contributed by atoms with van der Waals surface area (Å²) in [5.41, 5.74) is 0.396. The predicted octanol–water partition coefficient (Wildman–Crippen LogP) is -0.431. The number of nitrogens with zero attached hydrogens (tertiary/aromatic N) is 4. The Morgan fingerprint density at radius 3 is 3.15 bits per heavy atom. The molecule has 7 nitrogen and oxygen atoms in total. The molecule has 112 valence electrons. The van der Waals surface area contributed by atoms with Crippen molar-refractivity contribution in [3.05, 3.63) is 11.9 Å². The minimum Gasteiger partial charge on any atom is -0.349 e. The molecule has 0 radical (unpaired) electrons. The number of carbonyl (C=O) groups excluding carboxylic acids is 1. The Morgan fingerprint density at radius 1 is 1.60 bits per heavy atom. The van der Waals surface area contributed by atoms with E-state index in [9.17, 15) is 4.79 Å². The maximum Gasteiger partial charge on any atom is 0.273 e. The Kier molecular flexibility index (Phi) is 5.49. The van der Waals surface area contributed by atoms with Crippen LogP contribution in [0.15, 0.2) is 6.20 Å². The van der Waals surface area contributed by atoms with Crippen LogP contribution in [0.5, 0.6) is 0 Å². The normalized spacial score (nSPS) is 19.2. The van der Waals surface area contributed by atoms with E-state index in [1.807, 2.05) is 19.0 Å². The molecular weight excluding hydrogens is 256 g/mol. The van der Waals surface area contributed by atoms with Crippen LogP contribution in [-0.2, 0) is 6.54 Å². The van der Waals surface area contributed by atoms with Crippen molar-refractivity contribution in [3.63, 3.8) is 0 Å². The van der Waals surface area contributed by atoms with Crippen LogP contribution < -0.4 is 10.6 Å². The molecule has 1 aliphatic rings. The summed E-state index contributed by atoms with van der Waals surface area (Å²) in [4.78, 5) is 13.9. The summed E-state index contributed by atoms with van der Waals surface area (Å²) in [6.07, 6.45) is 4.15. The van der Waals surface area contributed by atoms with Crippen molar-refractivity contribution in [2.75, 3.05) is 40.3 Å². The van der Waals surface area contributed by atoms with E-state index in [2.05, 4.69) is 20.9 Å². The average Bonchev–Trinajstić information content (AvgIpc) is 2.88. The van der Waals surface area contributed by atoms with Gasteiger partial charge in [0, 0.05) is 19.6 Å². The Balaban J connectivity index is 1.80. The number of piperidine rings is 1. The van der Waals surface area contributed by atoms with Crippen molar-refractivity contribution in [1.82, 2.24) is 30.5 Å². The second-order valence-corrected chi connectivity index (χ2v) is 5.60. The van der Waals surface area contributed by atoms with Gasteiger partial charge in [-0.15, -0.1) is 5.10 Å².